The molecule has 0 atom stereocenters. The van der Waals surface area contributed by atoms with Crippen LogP contribution in [0.1, 0.15) is 25.7 Å². The maximum Gasteiger partial charge on any atom is 0.407 e. The second-order valence-electron chi connectivity index (χ2n) is 3.90. The Bertz CT molecular complexity index is 338. The molecule has 0 heterocycles. The number of halogens is 4. The van der Waals surface area contributed by atoms with Crippen molar-refractivity contribution in [2.45, 2.75) is 37.4 Å². The summed E-state index contributed by atoms with van der Waals surface area (Å²) in [6, 6.07) is 0. The van der Waals surface area contributed by atoms with Gasteiger partial charge in [-0.15, -0.1) is 11.6 Å². The largest absolute Gasteiger partial charge is 0.407 e. The lowest BCUT2D eigenvalue weighted by Gasteiger charge is -2.20. The van der Waals surface area contributed by atoms with Crippen LogP contribution in [0.25, 0.3) is 0 Å². The summed E-state index contributed by atoms with van der Waals surface area (Å²) in [6.07, 6.45) is -4.11. The van der Waals surface area contributed by atoms with Crippen molar-refractivity contribution in [3.8, 4) is 0 Å². The van der Waals surface area contributed by atoms with E-state index < -0.39 is 21.7 Å². The molecule has 0 aromatic rings. The van der Waals surface area contributed by atoms with Crippen molar-refractivity contribution in [3.05, 3.63) is 0 Å². The van der Waals surface area contributed by atoms with Gasteiger partial charge in [-0.1, -0.05) is 0 Å². The van der Waals surface area contributed by atoms with E-state index in [1.54, 1.807) is 4.72 Å². The van der Waals surface area contributed by atoms with Gasteiger partial charge in [0.1, 0.15) is 5.54 Å². The Labute approximate surface area is 97.4 Å². The molecule has 0 aromatic heterocycles. The molecule has 1 saturated carbocycles. The Morgan fingerprint density at radius 1 is 1.25 bits per heavy atom. The number of rotatable bonds is 6. The van der Waals surface area contributed by atoms with Crippen molar-refractivity contribution in [3.63, 3.8) is 0 Å². The fraction of sp³-hybridized carbons (Fsp3) is 1.00. The smallest absolute Gasteiger partial charge is 0.212 e. The number of alkyl halides is 4. The van der Waals surface area contributed by atoms with Gasteiger partial charge < -0.3 is 0 Å². The zero-order valence-corrected chi connectivity index (χ0v) is 10.1. The predicted molar refractivity (Wildman–Crippen MR) is 54.9 cm³/mol. The Hall–Kier alpha value is -0.0100. The third-order valence-corrected chi connectivity index (χ3v) is 4.24. The first-order valence-corrected chi connectivity index (χ1v) is 7.05. The first-order chi connectivity index (χ1) is 7.22. The standard InChI is InChI=1S/C8H13ClF3NO2S/c9-5-1-2-6-16(14,15)13-7(3-4-7)8(10,11)12/h13H,1-6H2. The average molecular weight is 280 g/mol. The molecule has 8 heteroatoms. The maximum absolute atomic E-state index is 12.5. The highest BCUT2D eigenvalue weighted by molar-refractivity contribution is 7.89. The van der Waals surface area contributed by atoms with Crippen LogP contribution in [0.15, 0.2) is 0 Å². The Kier molecular flexibility index (Phi) is 4.13. The second kappa shape index (κ2) is 4.70. The van der Waals surface area contributed by atoms with Gasteiger partial charge in [-0.2, -0.15) is 17.9 Å². The van der Waals surface area contributed by atoms with E-state index in [4.69, 9.17) is 11.6 Å². The van der Waals surface area contributed by atoms with Crippen LogP contribution in [-0.4, -0.2) is 31.8 Å². The normalized spacial score (nSPS) is 19.8. The topological polar surface area (TPSA) is 46.2 Å². The number of hydrogen-bond acceptors (Lipinski definition) is 2. The lowest BCUT2D eigenvalue weighted by atomic mass is 10.3. The summed E-state index contributed by atoms with van der Waals surface area (Å²) in [7, 11) is -3.86. The van der Waals surface area contributed by atoms with Crippen LogP contribution in [0.3, 0.4) is 0 Å². The summed E-state index contributed by atoms with van der Waals surface area (Å²) in [6.45, 7) is 0. The molecule has 0 aromatic carbocycles. The highest BCUT2D eigenvalue weighted by Gasteiger charge is 2.65. The van der Waals surface area contributed by atoms with E-state index >= 15 is 0 Å². The molecule has 16 heavy (non-hydrogen) atoms. The number of unbranched alkanes of at least 4 members (excludes halogenated alkanes) is 1. The number of sulfonamides is 1. The molecule has 1 N–H and O–H groups in total. The van der Waals surface area contributed by atoms with E-state index in [1.165, 1.54) is 0 Å². The Morgan fingerprint density at radius 2 is 1.81 bits per heavy atom. The van der Waals surface area contributed by atoms with Gasteiger partial charge >= 0.3 is 6.18 Å². The molecule has 1 fully saturated rings. The van der Waals surface area contributed by atoms with Gasteiger partial charge in [0.05, 0.1) is 5.75 Å². The van der Waals surface area contributed by atoms with Gasteiger partial charge in [0, 0.05) is 5.88 Å². The zero-order chi connectivity index (χ0) is 12.4. The van der Waals surface area contributed by atoms with Gasteiger partial charge in [0.2, 0.25) is 10.0 Å². The fourth-order valence-electron chi connectivity index (χ4n) is 1.30. The van der Waals surface area contributed by atoms with Crippen molar-refractivity contribution in [1.82, 2.24) is 4.72 Å². The van der Waals surface area contributed by atoms with Gasteiger partial charge in [-0.05, 0) is 25.7 Å². The average Bonchev–Trinajstić information content (AvgIpc) is 2.83. The lowest BCUT2D eigenvalue weighted by Crippen LogP contribution is -2.48. The summed E-state index contributed by atoms with van der Waals surface area (Å²) in [5, 5.41) is 0. The summed E-state index contributed by atoms with van der Waals surface area (Å²) >= 11 is 5.35. The molecule has 1 aliphatic rings. The highest BCUT2D eigenvalue weighted by Crippen LogP contribution is 2.49. The molecule has 3 nitrogen and oxygen atoms in total. The molecular weight excluding hydrogens is 267 g/mol. The first-order valence-electron chi connectivity index (χ1n) is 4.87. The monoisotopic (exact) mass is 279 g/mol. The molecular formula is C8H13ClF3NO2S. The minimum atomic E-state index is -4.51. The van der Waals surface area contributed by atoms with Crippen LogP contribution in [0.2, 0.25) is 0 Å². The minimum Gasteiger partial charge on any atom is -0.212 e. The quantitative estimate of drug-likeness (QED) is 0.597. The van der Waals surface area contributed by atoms with Crippen molar-refractivity contribution in [2.75, 3.05) is 11.6 Å². The summed E-state index contributed by atoms with van der Waals surface area (Å²) in [5.74, 6) is -0.00250. The van der Waals surface area contributed by atoms with E-state index in [9.17, 15) is 21.6 Å². The molecule has 0 bridgehead atoms. The van der Waals surface area contributed by atoms with E-state index in [0.717, 1.165) is 0 Å². The van der Waals surface area contributed by atoms with Crippen molar-refractivity contribution < 1.29 is 21.6 Å². The highest BCUT2D eigenvalue weighted by atomic mass is 35.5. The SMILES string of the molecule is O=S(=O)(CCCCCl)NC1(C(F)(F)F)CC1. The van der Waals surface area contributed by atoms with Gasteiger partial charge in [0.15, 0.2) is 0 Å². The number of nitrogens with one attached hydrogen (secondary N) is 1. The zero-order valence-electron chi connectivity index (χ0n) is 8.48. The third kappa shape index (κ3) is 3.49. The molecule has 0 saturated heterocycles. The van der Waals surface area contributed by atoms with Gasteiger partial charge in [-0.25, -0.2) is 8.42 Å². The molecule has 0 amide bonds. The van der Waals surface area contributed by atoms with Gasteiger partial charge in [0.25, 0.3) is 0 Å². The predicted octanol–water partition coefficient (Wildman–Crippen LogP) is 2.02. The van der Waals surface area contributed by atoms with E-state index in [0.29, 0.717) is 12.3 Å². The molecule has 1 aliphatic carbocycles. The summed E-state index contributed by atoms with van der Waals surface area (Å²) < 4.78 is 61.9. The van der Waals surface area contributed by atoms with E-state index in [1.807, 2.05) is 0 Å². The van der Waals surface area contributed by atoms with E-state index in [-0.39, 0.29) is 25.0 Å². The molecule has 0 spiro atoms. The lowest BCUT2D eigenvalue weighted by molar-refractivity contribution is -0.160. The first kappa shape index (κ1) is 14.1. The molecule has 0 unspecified atom stereocenters. The van der Waals surface area contributed by atoms with E-state index in [2.05, 4.69) is 0 Å². The fourth-order valence-corrected chi connectivity index (χ4v) is 3.09. The maximum atomic E-state index is 12.5. The van der Waals surface area contributed by atoms with Crippen LogP contribution in [-0.2, 0) is 10.0 Å². The second-order valence-corrected chi connectivity index (χ2v) is 6.12. The van der Waals surface area contributed by atoms with Crippen LogP contribution >= 0.6 is 11.6 Å². The Balaban J connectivity index is 2.54. The molecule has 1 rings (SSSR count). The third-order valence-electron chi connectivity index (χ3n) is 2.44. The summed E-state index contributed by atoms with van der Waals surface area (Å²) in [4.78, 5) is 0. The molecule has 0 aliphatic heterocycles. The Morgan fingerprint density at radius 3 is 2.19 bits per heavy atom. The minimum absolute atomic E-state index is 0.175. The molecule has 0 radical (unpaired) electrons. The summed E-state index contributed by atoms with van der Waals surface area (Å²) in [5.41, 5.74) is -2.20. The van der Waals surface area contributed by atoms with Crippen LogP contribution in [0.4, 0.5) is 13.2 Å². The van der Waals surface area contributed by atoms with Crippen LogP contribution < -0.4 is 4.72 Å². The van der Waals surface area contributed by atoms with Crippen molar-refractivity contribution in [1.29, 1.82) is 0 Å². The van der Waals surface area contributed by atoms with Crippen molar-refractivity contribution >= 4 is 21.6 Å². The van der Waals surface area contributed by atoms with Crippen molar-refractivity contribution in [2.24, 2.45) is 0 Å². The van der Waals surface area contributed by atoms with Crippen LogP contribution in [0, 0.1) is 0 Å². The van der Waals surface area contributed by atoms with Gasteiger partial charge in [-0.3, -0.25) is 0 Å². The van der Waals surface area contributed by atoms with Crippen LogP contribution in [0.5, 0.6) is 0 Å². The molecule has 96 valence electrons. The number of hydrogen-bond donors (Lipinski definition) is 1.